The molecule has 0 unspecified atom stereocenters. The largest absolute Gasteiger partial charge is 0.0879 e. The average Bonchev–Trinajstić information content (AvgIpc) is 2.22. The molecular formula is C14H20. The van der Waals surface area contributed by atoms with Crippen LogP contribution in [0.3, 0.4) is 0 Å². The Balaban J connectivity index is 2.33. The van der Waals surface area contributed by atoms with Crippen LogP contribution < -0.4 is 0 Å². The molecule has 0 atom stereocenters. The third kappa shape index (κ3) is 6.47. The summed E-state index contributed by atoms with van der Waals surface area (Å²) in [5, 5.41) is 0. The SMILES string of the molecule is C1=CCC/C=C/C/C=C\CC/C=C/C1. The molecule has 14 heavy (non-hydrogen) atoms. The molecule has 0 aromatic carbocycles. The molecule has 0 spiro atoms. The van der Waals surface area contributed by atoms with E-state index < -0.39 is 0 Å². The van der Waals surface area contributed by atoms with Gasteiger partial charge in [-0.1, -0.05) is 48.6 Å². The van der Waals surface area contributed by atoms with Gasteiger partial charge in [0.25, 0.3) is 0 Å². The summed E-state index contributed by atoms with van der Waals surface area (Å²) in [7, 11) is 0. The maximum absolute atomic E-state index is 2.27. The molecule has 0 bridgehead atoms. The Morgan fingerprint density at radius 2 is 0.643 bits per heavy atom. The van der Waals surface area contributed by atoms with E-state index in [1.807, 2.05) is 0 Å². The molecule has 1 rings (SSSR count). The molecule has 0 heteroatoms. The molecule has 0 nitrogen and oxygen atoms in total. The molecule has 0 N–H and O–H groups in total. The maximum Gasteiger partial charge on any atom is -0.0169 e. The van der Waals surface area contributed by atoms with Gasteiger partial charge >= 0.3 is 0 Å². The highest BCUT2D eigenvalue weighted by atomic mass is 13.9. The van der Waals surface area contributed by atoms with Crippen molar-refractivity contribution in [2.45, 2.75) is 38.5 Å². The van der Waals surface area contributed by atoms with E-state index in [0.29, 0.717) is 0 Å². The zero-order chi connectivity index (χ0) is 9.90. The van der Waals surface area contributed by atoms with Crippen LogP contribution in [0.25, 0.3) is 0 Å². The highest BCUT2D eigenvalue weighted by molar-refractivity contribution is 4.98. The molecule has 0 aliphatic heterocycles. The summed E-state index contributed by atoms with van der Waals surface area (Å²) in [6.07, 6.45) is 25.0. The Kier molecular flexibility index (Phi) is 6.74. The van der Waals surface area contributed by atoms with Crippen LogP contribution in [-0.4, -0.2) is 0 Å². The lowest BCUT2D eigenvalue weighted by Gasteiger charge is -1.90. The first-order chi connectivity index (χ1) is 7.00. The van der Waals surface area contributed by atoms with Gasteiger partial charge in [-0.3, -0.25) is 0 Å². The fourth-order valence-electron chi connectivity index (χ4n) is 1.40. The van der Waals surface area contributed by atoms with Crippen molar-refractivity contribution < 1.29 is 0 Å². The van der Waals surface area contributed by atoms with Crippen LogP contribution in [0, 0.1) is 0 Å². The van der Waals surface area contributed by atoms with Crippen LogP contribution in [0.1, 0.15) is 38.5 Å². The van der Waals surface area contributed by atoms with E-state index in [9.17, 15) is 0 Å². The summed E-state index contributed by atoms with van der Waals surface area (Å²) in [4.78, 5) is 0. The molecule has 76 valence electrons. The standard InChI is InChI=1S/C14H20/c1-2-4-6-8-10-12-14-13-11-9-7-5-3-1/h1-2,5,7-8,10,13-14H,3-4,6,9,11-12H2/b2-1-,7-5+,10-8+,14-13?. The van der Waals surface area contributed by atoms with Crippen molar-refractivity contribution in [2.75, 3.05) is 0 Å². The molecule has 0 aromatic rings. The molecule has 1 aliphatic carbocycles. The second kappa shape index (κ2) is 8.55. The van der Waals surface area contributed by atoms with Crippen molar-refractivity contribution in [2.24, 2.45) is 0 Å². The quantitative estimate of drug-likeness (QED) is 0.489. The minimum absolute atomic E-state index is 1.09. The Hall–Kier alpha value is -1.04. The van der Waals surface area contributed by atoms with Crippen molar-refractivity contribution in [3.05, 3.63) is 48.6 Å². The summed E-state index contributed by atoms with van der Waals surface area (Å²) < 4.78 is 0. The Morgan fingerprint density at radius 3 is 0.929 bits per heavy atom. The summed E-state index contributed by atoms with van der Waals surface area (Å²) in [6, 6.07) is 0. The highest BCUT2D eigenvalue weighted by Gasteiger charge is 1.80. The number of hydrogen-bond donors (Lipinski definition) is 0. The summed E-state index contributed by atoms with van der Waals surface area (Å²) in [5.41, 5.74) is 0. The molecule has 1 aliphatic rings. The molecule has 0 aromatic heterocycles. The van der Waals surface area contributed by atoms with Crippen molar-refractivity contribution in [3.63, 3.8) is 0 Å². The van der Waals surface area contributed by atoms with E-state index >= 15 is 0 Å². The lowest BCUT2D eigenvalue weighted by Crippen LogP contribution is -1.69. The van der Waals surface area contributed by atoms with Crippen molar-refractivity contribution in [3.8, 4) is 0 Å². The lowest BCUT2D eigenvalue weighted by molar-refractivity contribution is 1.02. The number of hydrogen-bond acceptors (Lipinski definition) is 0. The predicted octanol–water partition coefficient (Wildman–Crippen LogP) is 4.57. The number of allylic oxidation sites excluding steroid dienone is 8. The van der Waals surface area contributed by atoms with Gasteiger partial charge in [0.05, 0.1) is 0 Å². The van der Waals surface area contributed by atoms with Gasteiger partial charge in [-0.15, -0.1) is 0 Å². The third-order valence-corrected chi connectivity index (χ3v) is 2.21. The minimum atomic E-state index is 1.09. The van der Waals surface area contributed by atoms with Gasteiger partial charge in [-0.2, -0.15) is 0 Å². The van der Waals surface area contributed by atoms with Gasteiger partial charge in [0, 0.05) is 0 Å². The lowest BCUT2D eigenvalue weighted by atomic mass is 10.2. The first kappa shape index (κ1) is 11.0. The van der Waals surface area contributed by atoms with Gasteiger partial charge in [0.2, 0.25) is 0 Å². The zero-order valence-electron chi connectivity index (χ0n) is 8.86. The van der Waals surface area contributed by atoms with Crippen molar-refractivity contribution in [1.82, 2.24) is 0 Å². The zero-order valence-corrected chi connectivity index (χ0v) is 8.86. The minimum Gasteiger partial charge on any atom is -0.0879 e. The van der Waals surface area contributed by atoms with E-state index in [2.05, 4.69) is 48.6 Å². The first-order valence-corrected chi connectivity index (χ1v) is 5.60. The second-order valence-corrected chi connectivity index (χ2v) is 3.51. The fourth-order valence-corrected chi connectivity index (χ4v) is 1.40. The highest BCUT2D eigenvalue weighted by Crippen LogP contribution is 2.00. The van der Waals surface area contributed by atoms with E-state index in [1.54, 1.807) is 0 Å². The van der Waals surface area contributed by atoms with Gasteiger partial charge in [0.15, 0.2) is 0 Å². The van der Waals surface area contributed by atoms with Crippen LogP contribution in [0.2, 0.25) is 0 Å². The molecule has 0 fully saturated rings. The summed E-state index contributed by atoms with van der Waals surface area (Å²) >= 11 is 0. The van der Waals surface area contributed by atoms with Gasteiger partial charge in [-0.25, -0.2) is 0 Å². The smallest absolute Gasteiger partial charge is 0.0169 e. The molecular weight excluding hydrogens is 168 g/mol. The first-order valence-electron chi connectivity index (χ1n) is 5.60. The predicted molar refractivity (Wildman–Crippen MR) is 64.3 cm³/mol. The van der Waals surface area contributed by atoms with Gasteiger partial charge in [0.1, 0.15) is 0 Å². The molecule has 0 saturated carbocycles. The summed E-state index contributed by atoms with van der Waals surface area (Å²) in [5.74, 6) is 0. The fraction of sp³-hybridized carbons (Fsp3) is 0.429. The van der Waals surface area contributed by atoms with Gasteiger partial charge in [-0.05, 0) is 38.5 Å². The van der Waals surface area contributed by atoms with Gasteiger partial charge < -0.3 is 0 Å². The number of rotatable bonds is 0. The molecule has 0 heterocycles. The van der Waals surface area contributed by atoms with E-state index in [-0.39, 0.29) is 0 Å². The van der Waals surface area contributed by atoms with E-state index in [1.165, 1.54) is 25.7 Å². The average molecular weight is 188 g/mol. The van der Waals surface area contributed by atoms with Crippen molar-refractivity contribution in [1.29, 1.82) is 0 Å². The topological polar surface area (TPSA) is 0 Å². The Bertz CT molecular complexity index is 178. The molecule has 0 amide bonds. The Morgan fingerprint density at radius 1 is 0.357 bits per heavy atom. The van der Waals surface area contributed by atoms with Crippen LogP contribution in [-0.2, 0) is 0 Å². The van der Waals surface area contributed by atoms with Crippen LogP contribution in [0.15, 0.2) is 48.6 Å². The van der Waals surface area contributed by atoms with Crippen molar-refractivity contribution >= 4 is 0 Å². The van der Waals surface area contributed by atoms with E-state index in [4.69, 9.17) is 0 Å². The van der Waals surface area contributed by atoms with E-state index in [0.717, 1.165) is 12.8 Å². The van der Waals surface area contributed by atoms with Crippen LogP contribution >= 0.6 is 0 Å². The molecule has 0 saturated heterocycles. The third-order valence-electron chi connectivity index (χ3n) is 2.21. The second-order valence-electron chi connectivity index (χ2n) is 3.51. The maximum atomic E-state index is 2.27. The Labute approximate surface area is 87.7 Å². The van der Waals surface area contributed by atoms with Crippen LogP contribution in [0.4, 0.5) is 0 Å². The normalized spacial score (nSPS) is 26.3. The molecule has 0 radical (unpaired) electrons. The monoisotopic (exact) mass is 188 g/mol. The van der Waals surface area contributed by atoms with Crippen LogP contribution in [0.5, 0.6) is 0 Å². The summed E-state index contributed by atoms with van der Waals surface area (Å²) in [6.45, 7) is 0.